The number of amides is 2. The van der Waals surface area contributed by atoms with Crippen molar-refractivity contribution in [3.8, 4) is 5.69 Å². The maximum absolute atomic E-state index is 12.1. The first-order valence-electron chi connectivity index (χ1n) is 8.88. The van der Waals surface area contributed by atoms with Crippen molar-refractivity contribution < 1.29 is 14.3 Å². The summed E-state index contributed by atoms with van der Waals surface area (Å²) in [4.78, 5) is 26.3. The summed E-state index contributed by atoms with van der Waals surface area (Å²) in [6.07, 6.45) is 0.785. The van der Waals surface area contributed by atoms with Gasteiger partial charge in [-0.1, -0.05) is 6.07 Å². The molecule has 2 N–H and O–H groups in total. The van der Waals surface area contributed by atoms with E-state index < -0.39 is 11.8 Å². The maximum Gasteiger partial charge on any atom is 0.313 e. The molecule has 0 unspecified atom stereocenters. The lowest BCUT2D eigenvalue weighted by atomic mass is 10.2. The zero-order valence-corrected chi connectivity index (χ0v) is 15.2. The van der Waals surface area contributed by atoms with E-state index in [0.29, 0.717) is 23.7 Å². The normalized spacial score (nSPS) is 14.7. The number of carbonyl (C=O) groups is 2. The molecule has 0 radical (unpaired) electrons. The SMILES string of the molecule is Cc1nnnn1-c1cccc(NC(=O)C(=O)NCCCN2CCOCC2)c1. The highest BCUT2D eigenvalue weighted by atomic mass is 16.5. The molecule has 0 atom stereocenters. The zero-order valence-electron chi connectivity index (χ0n) is 15.2. The van der Waals surface area contributed by atoms with Gasteiger partial charge in [-0.3, -0.25) is 14.5 Å². The van der Waals surface area contributed by atoms with E-state index in [1.807, 2.05) is 6.07 Å². The predicted octanol–water partition coefficient (Wildman–Crippen LogP) is -0.252. The molecule has 0 saturated carbocycles. The Hall–Kier alpha value is -2.85. The number of nitrogens with zero attached hydrogens (tertiary/aromatic N) is 5. The third kappa shape index (κ3) is 5.31. The number of ether oxygens (including phenoxy) is 1. The Labute approximate surface area is 156 Å². The van der Waals surface area contributed by atoms with E-state index in [1.165, 1.54) is 0 Å². The van der Waals surface area contributed by atoms with Crippen molar-refractivity contribution in [3.05, 3.63) is 30.1 Å². The molecule has 0 aliphatic carbocycles. The van der Waals surface area contributed by atoms with Crippen molar-refractivity contribution in [2.45, 2.75) is 13.3 Å². The second kappa shape index (κ2) is 9.19. The van der Waals surface area contributed by atoms with Crippen LogP contribution in [0.25, 0.3) is 5.69 Å². The van der Waals surface area contributed by atoms with Gasteiger partial charge in [0.15, 0.2) is 5.82 Å². The molecule has 0 bridgehead atoms. The van der Waals surface area contributed by atoms with Gasteiger partial charge in [0.25, 0.3) is 0 Å². The van der Waals surface area contributed by atoms with Gasteiger partial charge in [-0.25, -0.2) is 0 Å². The minimum atomic E-state index is -0.702. The van der Waals surface area contributed by atoms with Gasteiger partial charge in [0.05, 0.1) is 18.9 Å². The van der Waals surface area contributed by atoms with E-state index in [2.05, 4.69) is 31.1 Å². The van der Waals surface area contributed by atoms with Gasteiger partial charge in [-0.15, -0.1) is 5.10 Å². The number of hydrogen-bond acceptors (Lipinski definition) is 7. The highest BCUT2D eigenvalue weighted by molar-refractivity contribution is 6.39. The molecule has 1 aliphatic rings. The van der Waals surface area contributed by atoms with E-state index in [4.69, 9.17) is 4.74 Å². The number of carbonyl (C=O) groups excluding carboxylic acids is 2. The molecule has 144 valence electrons. The van der Waals surface area contributed by atoms with Crippen molar-refractivity contribution in [3.63, 3.8) is 0 Å². The van der Waals surface area contributed by atoms with Crippen molar-refractivity contribution in [1.82, 2.24) is 30.4 Å². The van der Waals surface area contributed by atoms with Gasteiger partial charge in [0.2, 0.25) is 0 Å². The van der Waals surface area contributed by atoms with Crippen LogP contribution in [0.1, 0.15) is 12.2 Å². The molecule has 27 heavy (non-hydrogen) atoms. The first-order valence-corrected chi connectivity index (χ1v) is 8.88. The number of benzene rings is 1. The number of aromatic nitrogens is 4. The third-order valence-electron chi connectivity index (χ3n) is 4.22. The average Bonchev–Trinajstić information content (AvgIpc) is 3.12. The summed E-state index contributed by atoms with van der Waals surface area (Å²) in [5, 5.41) is 16.5. The molecular formula is C17H23N7O3. The number of hydrogen-bond donors (Lipinski definition) is 2. The molecular weight excluding hydrogens is 350 g/mol. The minimum absolute atomic E-state index is 0.452. The monoisotopic (exact) mass is 373 g/mol. The Morgan fingerprint density at radius 3 is 2.78 bits per heavy atom. The van der Waals surface area contributed by atoms with Crippen molar-refractivity contribution in [2.24, 2.45) is 0 Å². The van der Waals surface area contributed by atoms with Gasteiger partial charge < -0.3 is 15.4 Å². The number of rotatable bonds is 6. The highest BCUT2D eigenvalue weighted by Gasteiger charge is 2.15. The van der Waals surface area contributed by atoms with Crippen LogP contribution < -0.4 is 10.6 Å². The molecule has 2 aromatic rings. The number of nitrogens with one attached hydrogen (secondary N) is 2. The number of anilines is 1. The predicted molar refractivity (Wildman–Crippen MR) is 97.4 cm³/mol. The largest absolute Gasteiger partial charge is 0.379 e. The second-order valence-electron chi connectivity index (χ2n) is 6.21. The van der Waals surface area contributed by atoms with Crippen LogP contribution in [0.4, 0.5) is 5.69 Å². The number of tetrazole rings is 1. The van der Waals surface area contributed by atoms with Gasteiger partial charge in [0, 0.05) is 25.3 Å². The molecule has 0 spiro atoms. The van der Waals surface area contributed by atoms with E-state index in [0.717, 1.165) is 39.3 Å². The van der Waals surface area contributed by atoms with Gasteiger partial charge in [0.1, 0.15) is 0 Å². The summed E-state index contributed by atoms with van der Waals surface area (Å²) in [5.41, 5.74) is 1.19. The molecule has 1 saturated heterocycles. The molecule has 3 rings (SSSR count). The topological polar surface area (TPSA) is 114 Å². The Kier molecular flexibility index (Phi) is 6.44. The van der Waals surface area contributed by atoms with Crippen LogP contribution in [0.2, 0.25) is 0 Å². The molecule has 1 fully saturated rings. The number of morpholine rings is 1. The van der Waals surface area contributed by atoms with E-state index >= 15 is 0 Å². The summed E-state index contributed by atoms with van der Waals surface area (Å²) < 4.78 is 6.84. The summed E-state index contributed by atoms with van der Waals surface area (Å²) in [7, 11) is 0. The molecule has 10 heteroatoms. The molecule has 1 aromatic carbocycles. The Balaban J connectivity index is 1.45. The van der Waals surface area contributed by atoms with Crippen LogP contribution in [-0.4, -0.2) is 76.3 Å². The van der Waals surface area contributed by atoms with Crippen LogP contribution in [-0.2, 0) is 14.3 Å². The van der Waals surface area contributed by atoms with Gasteiger partial charge in [-0.05, 0) is 48.5 Å². The van der Waals surface area contributed by atoms with Crippen LogP contribution in [0.5, 0.6) is 0 Å². The summed E-state index contributed by atoms with van der Waals surface area (Å²) in [5.74, 6) is -0.732. The second-order valence-corrected chi connectivity index (χ2v) is 6.21. The average molecular weight is 373 g/mol. The van der Waals surface area contributed by atoms with E-state index in [9.17, 15) is 9.59 Å². The minimum Gasteiger partial charge on any atom is -0.379 e. The number of aryl methyl sites for hydroxylation is 1. The third-order valence-corrected chi connectivity index (χ3v) is 4.22. The fourth-order valence-electron chi connectivity index (χ4n) is 2.78. The zero-order chi connectivity index (χ0) is 19.1. The fraction of sp³-hybridized carbons (Fsp3) is 0.471. The lowest BCUT2D eigenvalue weighted by Crippen LogP contribution is -2.39. The van der Waals surface area contributed by atoms with E-state index in [-0.39, 0.29) is 0 Å². The summed E-state index contributed by atoms with van der Waals surface area (Å²) >= 11 is 0. The quantitative estimate of drug-likeness (QED) is 0.530. The molecule has 10 nitrogen and oxygen atoms in total. The van der Waals surface area contributed by atoms with E-state index in [1.54, 1.807) is 29.8 Å². The molecule has 1 aromatic heterocycles. The van der Waals surface area contributed by atoms with Gasteiger partial charge >= 0.3 is 11.8 Å². The molecule has 1 aliphatic heterocycles. The van der Waals surface area contributed by atoms with Crippen LogP contribution in [0.15, 0.2) is 24.3 Å². The van der Waals surface area contributed by atoms with Crippen LogP contribution >= 0.6 is 0 Å². The van der Waals surface area contributed by atoms with Crippen molar-refractivity contribution >= 4 is 17.5 Å². The summed E-state index contributed by atoms with van der Waals surface area (Å²) in [6.45, 7) is 6.41. The van der Waals surface area contributed by atoms with Gasteiger partial charge in [-0.2, -0.15) is 4.68 Å². The molecule has 2 amide bonds. The fourth-order valence-corrected chi connectivity index (χ4v) is 2.78. The standard InChI is InChI=1S/C17H23N7O3/c1-13-20-21-22-24(13)15-5-2-4-14(12-15)19-17(26)16(25)18-6-3-7-23-8-10-27-11-9-23/h2,4-5,12H,3,6-11H2,1H3,(H,18,25)(H,19,26). The summed E-state index contributed by atoms with van der Waals surface area (Å²) in [6, 6.07) is 6.97. The maximum atomic E-state index is 12.1. The smallest absolute Gasteiger partial charge is 0.313 e. The lowest BCUT2D eigenvalue weighted by Gasteiger charge is -2.26. The Bertz CT molecular complexity index is 786. The first-order chi connectivity index (χ1) is 13.1. The highest BCUT2D eigenvalue weighted by Crippen LogP contribution is 2.14. The molecule has 2 heterocycles. The van der Waals surface area contributed by atoms with Crippen LogP contribution in [0, 0.1) is 6.92 Å². The van der Waals surface area contributed by atoms with Crippen molar-refractivity contribution in [2.75, 3.05) is 44.7 Å². The van der Waals surface area contributed by atoms with Crippen LogP contribution in [0.3, 0.4) is 0 Å². The first kappa shape index (κ1) is 18.9. The Morgan fingerprint density at radius 1 is 1.22 bits per heavy atom. The lowest BCUT2D eigenvalue weighted by molar-refractivity contribution is -0.136. The van der Waals surface area contributed by atoms with Crippen molar-refractivity contribution in [1.29, 1.82) is 0 Å². The Morgan fingerprint density at radius 2 is 2.04 bits per heavy atom.